The summed E-state index contributed by atoms with van der Waals surface area (Å²) >= 11 is 0. The number of aromatic nitrogens is 1. The van der Waals surface area contributed by atoms with Gasteiger partial charge in [0.15, 0.2) is 0 Å². The van der Waals surface area contributed by atoms with E-state index in [1.807, 2.05) is 0 Å². The molecule has 1 N–H and O–H groups in total. The van der Waals surface area contributed by atoms with Gasteiger partial charge in [-0.25, -0.2) is 8.42 Å². The molecule has 20 heavy (non-hydrogen) atoms. The van der Waals surface area contributed by atoms with Gasteiger partial charge in [-0.1, -0.05) is 6.42 Å². The fourth-order valence-electron chi connectivity index (χ4n) is 3.26. The van der Waals surface area contributed by atoms with Gasteiger partial charge in [-0.3, -0.25) is 0 Å². The van der Waals surface area contributed by atoms with E-state index >= 15 is 0 Å². The zero-order chi connectivity index (χ0) is 14.2. The molecule has 0 aromatic carbocycles. The highest BCUT2D eigenvalue weighted by Crippen LogP contribution is 2.36. The number of hydrogen-bond donors (Lipinski definition) is 1. The summed E-state index contributed by atoms with van der Waals surface area (Å²) in [6.45, 7) is 0.852. The van der Waals surface area contributed by atoms with Crippen LogP contribution in [0, 0.1) is 0 Å². The average Bonchev–Trinajstić information content (AvgIpc) is 3.15. The SMILES string of the molecule is CS(=O)(=O)C1CCCC(NCc2cccn2C2CC2)C1. The minimum absolute atomic E-state index is 0.149. The summed E-state index contributed by atoms with van der Waals surface area (Å²) in [7, 11) is -2.89. The minimum Gasteiger partial charge on any atom is -0.347 e. The van der Waals surface area contributed by atoms with E-state index < -0.39 is 9.84 Å². The van der Waals surface area contributed by atoms with Crippen LogP contribution in [0.1, 0.15) is 50.3 Å². The lowest BCUT2D eigenvalue weighted by Crippen LogP contribution is -2.38. The molecule has 0 radical (unpaired) electrons. The summed E-state index contributed by atoms with van der Waals surface area (Å²) in [5.74, 6) is 0. The highest BCUT2D eigenvalue weighted by molar-refractivity contribution is 7.91. The summed E-state index contributed by atoms with van der Waals surface area (Å²) in [6, 6.07) is 5.32. The number of sulfone groups is 1. The first kappa shape index (κ1) is 14.1. The van der Waals surface area contributed by atoms with E-state index in [4.69, 9.17) is 0 Å². The predicted molar refractivity (Wildman–Crippen MR) is 80.4 cm³/mol. The predicted octanol–water partition coefficient (Wildman–Crippen LogP) is 2.27. The van der Waals surface area contributed by atoms with Crippen molar-refractivity contribution in [3.63, 3.8) is 0 Å². The van der Waals surface area contributed by atoms with Gasteiger partial charge in [-0.05, 0) is 44.2 Å². The molecule has 5 heteroatoms. The Morgan fingerprint density at radius 3 is 2.80 bits per heavy atom. The van der Waals surface area contributed by atoms with Crippen molar-refractivity contribution in [2.45, 2.75) is 62.4 Å². The highest BCUT2D eigenvalue weighted by atomic mass is 32.2. The van der Waals surface area contributed by atoms with E-state index in [1.54, 1.807) is 0 Å². The van der Waals surface area contributed by atoms with E-state index in [1.165, 1.54) is 24.8 Å². The molecule has 1 aromatic rings. The van der Waals surface area contributed by atoms with Crippen LogP contribution in [0.25, 0.3) is 0 Å². The van der Waals surface area contributed by atoms with Gasteiger partial charge in [0, 0.05) is 36.8 Å². The molecule has 112 valence electrons. The van der Waals surface area contributed by atoms with Gasteiger partial charge in [-0.2, -0.15) is 0 Å². The normalized spacial score (nSPS) is 27.6. The molecule has 1 aromatic heterocycles. The second-order valence-corrected chi connectivity index (χ2v) is 8.66. The first-order valence-corrected chi connectivity index (χ1v) is 9.57. The molecule has 0 amide bonds. The topological polar surface area (TPSA) is 51.1 Å². The zero-order valence-electron chi connectivity index (χ0n) is 12.1. The van der Waals surface area contributed by atoms with Crippen LogP contribution in [0.5, 0.6) is 0 Å². The van der Waals surface area contributed by atoms with Gasteiger partial charge in [0.05, 0.1) is 5.25 Å². The monoisotopic (exact) mass is 296 g/mol. The molecule has 0 saturated heterocycles. The Kier molecular flexibility index (Phi) is 3.91. The molecule has 2 aliphatic rings. The van der Waals surface area contributed by atoms with E-state index in [9.17, 15) is 8.42 Å². The summed E-state index contributed by atoms with van der Waals surface area (Å²) in [5.41, 5.74) is 1.33. The Morgan fingerprint density at radius 2 is 2.10 bits per heavy atom. The third-order valence-corrected chi connectivity index (χ3v) is 6.25. The van der Waals surface area contributed by atoms with Crippen molar-refractivity contribution < 1.29 is 8.42 Å². The Bertz CT molecular complexity index is 560. The molecule has 0 aliphatic heterocycles. The largest absolute Gasteiger partial charge is 0.347 e. The van der Waals surface area contributed by atoms with Crippen LogP contribution in [0.3, 0.4) is 0 Å². The van der Waals surface area contributed by atoms with Crippen molar-refractivity contribution in [2.75, 3.05) is 6.26 Å². The summed E-state index contributed by atoms with van der Waals surface area (Å²) in [5, 5.41) is 3.41. The first-order chi connectivity index (χ1) is 9.54. The van der Waals surface area contributed by atoms with Crippen molar-refractivity contribution in [2.24, 2.45) is 0 Å². The highest BCUT2D eigenvalue weighted by Gasteiger charge is 2.29. The lowest BCUT2D eigenvalue weighted by Gasteiger charge is -2.29. The number of nitrogens with zero attached hydrogens (tertiary/aromatic N) is 1. The van der Waals surface area contributed by atoms with Crippen LogP contribution in [0.4, 0.5) is 0 Å². The fraction of sp³-hybridized carbons (Fsp3) is 0.733. The van der Waals surface area contributed by atoms with Crippen LogP contribution in [0.15, 0.2) is 18.3 Å². The fourth-order valence-corrected chi connectivity index (χ4v) is 4.43. The number of rotatable bonds is 5. The van der Waals surface area contributed by atoms with Crippen LogP contribution in [-0.2, 0) is 16.4 Å². The molecule has 0 bridgehead atoms. The molecule has 3 rings (SSSR count). The molecule has 2 aliphatic carbocycles. The second kappa shape index (κ2) is 5.53. The Labute approximate surface area is 121 Å². The van der Waals surface area contributed by atoms with Gasteiger partial charge in [0.1, 0.15) is 9.84 Å². The zero-order valence-corrected chi connectivity index (χ0v) is 12.9. The average molecular weight is 296 g/mol. The number of hydrogen-bond acceptors (Lipinski definition) is 3. The summed E-state index contributed by atoms with van der Waals surface area (Å²) < 4.78 is 25.7. The summed E-state index contributed by atoms with van der Waals surface area (Å²) in [4.78, 5) is 0. The number of nitrogens with one attached hydrogen (secondary N) is 1. The molecule has 2 saturated carbocycles. The summed E-state index contributed by atoms with van der Waals surface area (Å²) in [6.07, 6.45) is 9.82. The Morgan fingerprint density at radius 1 is 1.30 bits per heavy atom. The van der Waals surface area contributed by atoms with Gasteiger partial charge in [0.25, 0.3) is 0 Å². The Balaban J connectivity index is 1.56. The van der Waals surface area contributed by atoms with Crippen LogP contribution < -0.4 is 5.32 Å². The van der Waals surface area contributed by atoms with E-state index in [2.05, 4.69) is 28.2 Å². The van der Waals surface area contributed by atoms with Gasteiger partial charge in [-0.15, -0.1) is 0 Å². The van der Waals surface area contributed by atoms with E-state index in [-0.39, 0.29) is 5.25 Å². The van der Waals surface area contributed by atoms with Crippen molar-refractivity contribution >= 4 is 9.84 Å². The first-order valence-electron chi connectivity index (χ1n) is 7.62. The standard InChI is InChI=1S/C15H24N2O2S/c1-20(18,19)15-6-2-4-12(10-15)16-11-14-5-3-9-17(14)13-7-8-13/h3,5,9,12-13,15-16H,2,4,6-8,10-11H2,1H3. The van der Waals surface area contributed by atoms with Crippen LogP contribution in [0.2, 0.25) is 0 Å². The minimum atomic E-state index is -2.89. The Hall–Kier alpha value is -0.810. The van der Waals surface area contributed by atoms with Gasteiger partial charge < -0.3 is 9.88 Å². The smallest absolute Gasteiger partial charge is 0.150 e. The molecular weight excluding hydrogens is 272 g/mol. The van der Waals surface area contributed by atoms with E-state index in [0.717, 1.165) is 32.2 Å². The van der Waals surface area contributed by atoms with Crippen LogP contribution >= 0.6 is 0 Å². The molecule has 4 nitrogen and oxygen atoms in total. The maximum atomic E-state index is 11.7. The molecule has 2 fully saturated rings. The molecule has 0 spiro atoms. The van der Waals surface area contributed by atoms with Crippen molar-refractivity contribution in [3.05, 3.63) is 24.0 Å². The molecule has 2 unspecified atom stereocenters. The third kappa shape index (κ3) is 3.26. The lowest BCUT2D eigenvalue weighted by atomic mass is 9.95. The second-order valence-electron chi connectivity index (χ2n) is 6.33. The third-order valence-electron chi connectivity index (χ3n) is 4.61. The van der Waals surface area contributed by atoms with E-state index in [0.29, 0.717) is 12.1 Å². The van der Waals surface area contributed by atoms with Crippen molar-refractivity contribution in [1.29, 1.82) is 0 Å². The quantitative estimate of drug-likeness (QED) is 0.907. The van der Waals surface area contributed by atoms with Gasteiger partial charge >= 0.3 is 0 Å². The van der Waals surface area contributed by atoms with Gasteiger partial charge in [0.2, 0.25) is 0 Å². The molecular formula is C15H24N2O2S. The molecule has 1 heterocycles. The lowest BCUT2D eigenvalue weighted by molar-refractivity contribution is 0.367. The maximum absolute atomic E-state index is 11.7. The van der Waals surface area contributed by atoms with Crippen molar-refractivity contribution in [1.82, 2.24) is 9.88 Å². The molecule has 2 atom stereocenters. The van der Waals surface area contributed by atoms with Crippen molar-refractivity contribution in [3.8, 4) is 0 Å². The van der Waals surface area contributed by atoms with Crippen LogP contribution in [-0.4, -0.2) is 30.5 Å². The maximum Gasteiger partial charge on any atom is 0.150 e.